The second-order valence-electron chi connectivity index (χ2n) is 8.71. The van der Waals surface area contributed by atoms with Crippen LogP contribution in [0.25, 0.3) is 6.08 Å². The molecule has 9 heteroatoms. The summed E-state index contributed by atoms with van der Waals surface area (Å²) in [6.45, 7) is 1.90. The number of carbonyl (C=O) groups excluding carboxylic acids is 3. The Morgan fingerprint density at radius 3 is 2.35 bits per heavy atom. The maximum absolute atomic E-state index is 13.2. The van der Waals surface area contributed by atoms with Gasteiger partial charge in [0, 0.05) is 31.3 Å². The Morgan fingerprint density at radius 2 is 1.62 bits per heavy atom. The molecular weight excluding hydrogens is 610 g/mol. The summed E-state index contributed by atoms with van der Waals surface area (Å²) in [7, 11) is 0. The largest absolute Gasteiger partial charge is 0.325 e. The zero-order chi connectivity index (χ0) is 28.5. The van der Waals surface area contributed by atoms with Crippen LogP contribution in [-0.2, 0) is 9.59 Å². The van der Waals surface area contributed by atoms with Crippen molar-refractivity contribution in [2.45, 2.75) is 11.8 Å². The summed E-state index contributed by atoms with van der Waals surface area (Å²) in [5.41, 5.74) is 3.43. The van der Waals surface area contributed by atoms with Crippen molar-refractivity contribution in [3.05, 3.63) is 129 Å². The van der Waals surface area contributed by atoms with Crippen molar-refractivity contribution in [1.29, 1.82) is 0 Å². The van der Waals surface area contributed by atoms with Crippen molar-refractivity contribution in [3.63, 3.8) is 0 Å². The van der Waals surface area contributed by atoms with Crippen molar-refractivity contribution in [1.82, 2.24) is 5.32 Å². The van der Waals surface area contributed by atoms with E-state index in [0.717, 1.165) is 20.5 Å². The first kappa shape index (κ1) is 29.1. The fraction of sp³-hybridized carbons (Fsp3) is 0.0645. The van der Waals surface area contributed by atoms with Gasteiger partial charge < -0.3 is 16.0 Å². The molecule has 0 aromatic heterocycles. The second kappa shape index (κ2) is 14.0. The maximum Gasteiger partial charge on any atom is 0.272 e. The zero-order valence-electron chi connectivity index (χ0n) is 21.4. The van der Waals surface area contributed by atoms with E-state index in [1.807, 2.05) is 55.5 Å². The molecule has 0 fully saturated rings. The second-order valence-corrected chi connectivity index (χ2v) is 11.1. The van der Waals surface area contributed by atoms with Crippen LogP contribution >= 0.6 is 39.3 Å². The van der Waals surface area contributed by atoms with E-state index in [-0.39, 0.29) is 17.4 Å². The number of halogens is 2. The molecule has 0 atom stereocenters. The van der Waals surface area contributed by atoms with Crippen LogP contribution in [-0.4, -0.2) is 23.5 Å². The molecule has 0 bridgehead atoms. The highest BCUT2D eigenvalue weighted by Gasteiger charge is 2.15. The lowest BCUT2D eigenvalue weighted by atomic mass is 10.1. The minimum absolute atomic E-state index is 0.0957. The first-order valence-electron chi connectivity index (χ1n) is 12.2. The van der Waals surface area contributed by atoms with E-state index in [1.165, 1.54) is 11.8 Å². The monoisotopic (exact) mass is 633 g/mol. The van der Waals surface area contributed by atoms with E-state index in [2.05, 4.69) is 31.9 Å². The van der Waals surface area contributed by atoms with Crippen molar-refractivity contribution in [3.8, 4) is 0 Å². The number of rotatable bonds is 9. The molecule has 0 aliphatic carbocycles. The lowest BCUT2D eigenvalue weighted by molar-refractivity contribution is -0.114. The lowest BCUT2D eigenvalue weighted by Gasteiger charge is -2.12. The van der Waals surface area contributed by atoms with E-state index in [9.17, 15) is 14.4 Å². The molecule has 3 N–H and O–H groups in total. The van der Waals surface area contributed by atoms with Gasteiger partial charge in [0.05, 0.1) is 5.75 Å². The Balaban J connectivity index is 1.41. The van der Waals surface area contributed by atoms with E-state index < -0.39 is 11.8 Å². The molecule has 0 saturated carbocycles. The van der Waals surface area contributed by atoms with Crippen LogP contribution in [0.2, 0.25) is 5.02 Å². The Hall–Kier alpha value is -3.85. The molecule has 0 spiro atoms. The number of carbonyl (C=O) groups is 3. The van der Waals surface area contributed by atoms with Gasteiger partial charge in [0.15, 0.2) is 0 Å². The number of thioether (sulfide) groups is 1. The molecule has 0 radical (unpaired) electrons. The fourth-order valence-corrected chi connectivity index (χ4v) is 4.89. The van der Waals surface area contributed by atoms with E-state index >= 15 is 0 Å². The van der Waals surface area contributed by atoms with Crippen LogP contribution in [0.5, 0.6) is 0 Å². The molecule has 0 aliphatic rings. The van der Waals surface area contributed by atoms with Gasteiger partial charge in [0.25, 0.3) is 11.8 Å². The van der Waals surface area contributed by atoms with Crippen LogP contribution in [0.3, 0.4) is 0 Å². The van der Waals surface area contributed by atoms with Crippen LogP contribution in [0.1, 0.15) is 21.5 Å². The standard InChI is InChI=1S/C31H25BrClN3O3S/c1-20-10-11-24(33)18-27(20)35-29(37)19-40-26-14-12-25(13-15-26)34-31(39)28(17-21-6-5-9-23(32)16-21)36-30(38)22-7-3-2-4-8-22/h2-18H,19H2,1H3,(H,34,39)(H,35,37)(H,36,38)/b28-17-. The van der Waals surface area contributed by atoms with Gasteiger partial charge in [-0.05, 0) is 84.8 Å². The summed E-state index contributed by atoms with van der Waals surface area (Å²) in [4.78, 5) is 39.3. The summed E-state index contributed by atoms with van der Waals surface area (Å²) in [5, 5.41) is 9.00. The van der Waals surface area contributed by atoms with Gasteiger partial charge in [-0.3, -0.25) is 14.4 Å². The minimum atomic E-state index is -0.471. The lowest BCUT2D eigenvalue weighted by Crippen LogP contribution is -2.30. The van der Waals surface area contributed by atoms with Crippen LogP contribution in [0.4, 0.5) is 11.4 Å². The molecule has 0 unspecified atom stereocenters. The summed E-state index contributed by atoms with van der Waals surface area (Å²) < 4.78 is 0.847. The summed E-state index contributed by atoms with van der Waals surface area (Å²) in [6, 6.07) is 28.6. The maximum atomic E-state index is 13.2. The third-order valence-corrected chi connectivity index (χ3v) is 7.38. The molecular formula is C31H25BrClN3O3S. The van der Waals surface area contributed by atoms with Gasteiger partial charge in [-0.25, -0.2) is 0 Å². The SMILES string of the molecule is Cc1ccc(Cl)cc1NC(=O)CSc1ccc(NC(=O)/C(=C/c2cccc(Br)c2)NC(=O)c2ccccc2)cc1. The molecule has 40 heavy (non-hydrogen) atoms. The summed E-state index contributed by atoms with van der Waals surface area (Å²) in [5.74, 6) is -0.803. The molecule has 4 aromatic rings. The van der Waals surface area contributed by atoms with Gasteiger partial charge >= 0.3 is 0 Å². The first-order valence-corrected chi connectivity index (χ1v) is 14.4. The highest BCUT2D eigenvalue weighted by Crippen LogP contribution is 2.23. The van der Waals surface area contributed by atoms with Gasteiger partial charge in [-0.2, -0.15) is 0 Å². The molecule has 3 amide bonds. The minimum Gasteiger partial charge on any atom is -0.325 e. The zero-order valence-corrected chi connectivity index (χ0v) is 24.6. The van der Waals surface area contributed by atoms with Gasteiger partial charge in [0.1, 0.15) is 5.70 Å². The molecule has 0 saturated heterocycles. The van der Waals surface area contributed by atoms with E-state index in [0.29, 0.717) is 22.0 Å². The Bertz CT molecular complexity index is 1560. The van der Waals surface area contributed by atoms with Crippen molar-refractivity contribution < 1.29 is 14.4 Å². The van der Waals surface area contributed by atoms with Crippen LogP contribution in [0.15, 0.2) is 112 Å². The molecule has 4 rings (SSSR count). The van der Waals surface area contributed by atoms with Crippen LogP contribution < -0.4 is 16.0 Å². The van der Waals surface area contributed by atoms with Crippen molar-refractivity contribution in [2.75, 3.05) is 16.4 Å². The highest BCUT2D eigenvalue weighted by molar-refractivity contribution is 9.10. The third kappa shape index (κ3) is 8.58. The normalized spacial score (nSPS) is 11.0. The number of aryl methyl sites for hydroxylation is 1. The average molecular weight is 635 g/mol. The predicted molar refractivity (Wildman–Crippen MR) is 167 cm³/mol. The summed E-state index contributed by atoms with van der Waals surface area (Å²) in [6.07, 6.45) is 1.62. The predicted octanol–water partition coefficient (Wildman–Crippen LogP) is 7.55. The fourth-order valence-electron chi connectivity index (χ4n) is 3.60. The number of hydrogen-bond acceptors (Lipinski definition) is 4. The number of amides is 3. The van der Waals surface area contributed by atoms with Gasteiger partial charge in [0.2, 0.25) is 5.91 Å². The molecule has 202 valence electrons. The quantitative estimate of drug-likeness (QED) is 0.131. The Labute approximate surface area is 250 Å². The molecule has 6 nitrogen and oxygen atoms in total. The van der Waals surface area contributed by atoms with Gasteiger partial charge in [-0.15, -0.1) is 11.8 Å². The number of anilines is 2. The Kier molecular flexibility index (Phi) is 10.2. The van der Waals surface area contributed by atoms with E-state index in [4.69, 9.17) is 11.6 Å². The summed E-state index contributed by atoms with van der Waals surface area (Å²) >= 11 is 10.8. The first-order chi connectivity index (χ1) is 19.3. The average Bonchev–Trinajstić information content (AvgIpc) is 2.94. The van der Waals surface area contributed by atoms with Crippen LogP contribution in [0, 0.1) is 6.92 Å². The van der Waals surface area contributed by atoms with Crippen molar-refractivity contribution in [2.24, 2.45) is 0 Å². The number of hydrogen-bond donors (Lipinski definition) is 3. The third-order valence-electron chi connectivity index (χ3n) is 5.64. The van der Waals surface area contributed by atoms with Gasteiger partial charge in [-0.1, -0.05) is 63.9 Å². The van der Waals surface area contributed by atoms with Crippen molar-refractivity contribution >= 4 is 74.5 Å². The Morgan fingerprint density at radius 1 is 0.875 bits per heavy atom. The number of benzene rings is 4. The molecule has 0 aliphatic heterocycles. The highest BCUT2D eigenvalue weighted by atomic mass is 79.9. The van der Waals surface area contributed by atoms with E-state index in [1.54, 1.807) is 54.6 Å². The molecule has 4 aromatic carbocycles. The topological polar surface area (TPSA) is 87.3 Å². The smallest absolute Gasteiger partial charge is 0.272 e. The molecule has 0 heterocycles. The number of nitrogens with one attached hydrogen (secondary N) is 3.